The van der Waals surface area contributed by atoms with Crippen LogP contribution in [0.4, 0.5) is 0 Å². The topological polar surface area (TPSA) is 21.3 Å². The molecule has 0 aromatic carbocycles. The van der Waals surface area contributed by atoms with Gasteiger partial charge in [-0.3, -0.25) is 0 Å². The summed E-state index contributed by atoms with van der Waals surface area (Å²) in [5.74, 6) is 0.525. The summed E-state index contributed by atoms with van der Waals surface area (Å²) in [4.78, 5) is 0. The highest BCUT2D eigenvalue weighted by Gasteiger charge is 2.08. The lowest BCUT2D eigenvalue weighted by Gasteiger charge is -2.16. The molecule has 2 unspecified atom stereocenters. The van der Waals surface area contributed by atoms with E-state index in [0.717, 1.165) is 13.1 Å². The number of hydrogen-bond acceptors (Lipinski definition) is 2. The summed E-state index contributed by atoms with van der Waals surface area (Å²) < 4.78 is 5.09. The first-order valence-electron chi connectivity index (χ1n) is 4.45. The second-order valence-corrected chi connectivity index (χ2v) is 4.03. The van der Waals surface area contributed by atoms with E-state index in [1.807, 2.05) is 6.92 Å². The minimum Gasteiger partial charge on any atom is -0.380 e. The zero-order valence-electron chi connectivity index (χ0n) is 8.43. The minimum absolute atomic E-state index is 0.217. The highest BCUT2D eigenvalue weighted by atomic mass is 35.5. The Morgan fingerprint density at radius 3 is 2.25 bits per heavy atom. The summed E-state index contributed by atoms with van der Waals surface area (Å²) in [6, 6.07) is 0. The van der Waals surface area contributed by atoms with Gasteiger partial charge in [-0.1, -0.05) is 13.8 Å². The lowest BCUT2D eigenvalue weighted by atomic mass is 10.1. The molecule has 0 aliphatic rings. The third kappa shape index (κ3) is 5.81. The SMILES string of the molecule is COC(C)CNCC(Cl)C(C)C. The third-order valence-electron chi connectivity index (χ3n) is 1.90. The van der Waals surface area contributed by atoms with Crippen molar-refractivity contribution >= 4 is 11.6 Å². The van der Waals surface area contributed by atoms with Gasteiger partial charge in [0.25, 0.3) is 0 Å². The summed E-state index contributed by atoms with van der Waals surface area (Å²) in [5, 5.41) is 3.48. The van der Waals surface area contributed by atoms with Crippen LogP contribution in [0.2, 0.25) is 0 Å². The molecule has 0 aromatic heterocycles. The van der Waals surface area contributed by atoms with E-state index >= 15 is 0 Å². The zero-order valence-corrected chi connectivity index (χ0v) is 9.19. The molecule has 0 aliphatic carbocycles. The average Bonchev–Trinajstić information content (AvgIpc) is 2.03. The standard InChI is InChI=1S/C9H20ClNO/c1-7(2)9(10)6-11-5-8(3)12-4/h7-9,11H,5-6H2,1-4H3. The van der Waals surface area contributed by atoms with E-state index in [4.69, 9.17) is 16.3 Å². The molecule has 0 amide bonds. The van der Waals surface area contributed by atoms with Crippen molar-refractivity contribution in [3.05, 3.63) is 0 Å². The van der Waals surface area contributed by atoms with Gasteiger partial charge in [-0.25, -0.2) is 0 Å². The van der Waals surface area contributed by atoms with E-state index < -0.39 is 0 Å². The Labute approximate surface area is 80.6 Å². The molecular weight excluding hydrogens is 174 g/mol. The van der Waals surface area contributed by atoms with Gasteiger partial charge in [-0.2, -0.15) is 0 Å². The van der Waals surface area contributed by atoms with Crippen LogP contribution in [0.1, 0.15) is 20.8 Å². The Bertz CT molecular complexity index is 109. The van der Waals surface area contributed by atoms with Crippen LogP contribution in [-0.2, 0) is 4.74 Å². The molecule has 0 spiro atoms. The number of rotatable bonds is 6. The maximum absolute atomic E-state index is 6.04. The quantitative estimate of drug-likeness (QED) is 0.651. The molecule has 12 heavy (non-hydrogen) atoms. The van der Waals surface area contributed by atoms with Crippen LogP contribution in [0.25, 0.3) is 0 Å². The Hall–Kier alpha value is 0.210. The summed E-state index contributed by atoms with van der Waals surface area (Å²) in [7, 11) is 1.72. The van der Waals surface area contributed by atoms with Crippen molar-refractivity contribution in [2.24, 2.45) is 5.92 Å². The summed E-state index contributed by atoms with van der Waals surface area (Å²) in [6.45, 7) is 8.00. The third-order valence-corrected chi connectivity index (χ3v) is 2.56. The van der Waals surface area contributed by atoms with Gasteiger partial charge in [0, 0.05) is 25.6 Å². The van der Waals surface area contributed by atoms with Crippen LogP contribution < -0.4 is 5.32 Å². The van der Waals surface area contributed by atoms with Crippen molar-refractivity contribution < 1.29 is 4.74 Å². The van der Waals surface area contributed by atoms with Crippen LogP contribution in [0.5, 0.6) is 0 Å². The first-order valence-corrected chi connectivity index (χ1v) is 4.89. The first-order chi connectivity index (χ1) is 5.57. The molecule has 0 bridgehead atoms. The molecule has 3 heteroatoms. The smallest absolute Gasteiger partial charge is 0.0667 e. The van der Waals surface area contributed by atoms with Gasteiger partial charge in [0.1, 0.15) is 0 Å². The van der Waals surface area contributed by atoms with Crippen LogP contribution >= 0.6 is 11.6 Å². The Kier molecular flexibility index (Phi) is 6.81. The fourth-order valence-corrected chi connectivity index (χ4v) is 0.853. The molecule has 0 rings (SSSR count). The van der Waals surface area contributed by atoms with E-state index in [2.05, 4.69) is 19.2 Å². The van der Waals surface area contributed by atoms with Crippen LogP contribution in [-0.4, -0.2) is 31.7 Å². The van der Waals surface area contributed by atoms with Gasteiger partial charge in [0.15, 0.2) is 0 Å². The minimum atomic E-state index is 0.217. The maximum Gasteiger partial charge on any atom is 0.0667 e. The predicted octanol–water partition coefficient (Wildman–Crippen LogP) is 1.87. The van der Waals surface area contributed by atoms with Crippen molar-refractivity contribution in [3.8, 4) is 0 Å². The highest BCUT2D eigenvalue weighted by Crippen LogP contribution is 2.07. The molecule has 0 heterocycles. The first kappa shape index (κ1) is 12.2. The van der Waals surface area contributed by atoms with Crippen molar-refractivity contribution in [3.63, 3.8) is 0 Å². The summed E-state index contributed by atoms with van der Waals surface area (Å²) >= 11 is 6.04. The van der Waals surface area contributed by atoms with Gasteiger partial charge in [-0.05, 0) is 12.8 Å². The van der Waals surface area contributed by atoms with Crippen LogP contribution in [0, 0.1) is 5.92 Å². The number of nitrogens with one attached hydrogen (secondary N) is 1. The molecule has 2 nitrogen and oxygen atoms in total. The normalized spacial score (nSPS) is 16.5. The Morgan fingerprint density at radius 2 is 1.83 bits per heavy atom. The van der Waals surface area contributed by atoms with Crippen LogP contribution in [0.15, 0.2) is 0 Å². The van der Waals surface area contributed by atoms with Gasteiger partial charge in [-0.15, -0.1) is 11.6 Å². The number of methoxy groups -OCH3 is 1. The van der Waals surface area contributed by atoms with Gasteiger partial charge >= 0.3 is 0 Å². The molecular formula is C9H20ClNO. The predicted molar refractivity (Wildman–Crippen MR) is 53.8 cm³/mol. The molecule has 74 valence electrons. The molecule has 0 fully saturated rings. The molecule has 0 aliphatic heterocycles. The number of ether oxygens (including phenoxy) is 1. The van der Waals surface area contributed by atoms with E-state index in [9.17, 15) is 0 Å². The number of halogens is 1. The fraction of sp³-hybridized carbons (Fsp3) is 1.00. The van der Waals surface area contributed by atoms with Crippen molar-refractivity contribution in [1.82, 2.24) is 5.32 Å². The highest BCUT2D eigenvalue weighted by molar-refractivity contribution is 6.20. The monoisotopic (exact) mass is 193 g/mol. The summed E-state index contributed by atoms with van der Waals surface area (Å²) in [6.07, 6.45) is 0.265. The molecule has 0 aromatic rings. The fourth-order valence-electron chi connectivity index (χ4n) is 0.744. The molecule has 0 saturated heterocycles. The second-order valence-electron chi connectivity index (χ2n) is 3.46. The van der Waals surface area contributed by atoms with Crippen molar-refractivity contribution in [1.29, 1.82) is 0 Å². The second kappa shape index (κ2) is 6.70. The van der Waals surface area contributed by atoms with Crippen molar-refractivity contribution in [2.75, 3.05) is 20.2 Å². The number of hydrogen-bond donors (Lipinski definition) is 1. The Morgan fingerprint density at radius 1 is 1.25 bits per heavy atom. The Balaban J connectivity index is 3.30. The largest absolute Gasteiger partial charge is 0.380 e. The lowest BCUT2D eigenvalue weighted by molar-refractivity contribution is 0.117. The summed E-state index contributed by atoms with van der Waals surface area (Å²) in [5.41, 5.74) is 0. The molecule has 1 N–H and O–H groups in total. The number of alkyl halides is 1. The van der Waals surface area contributed by atoms with E-state index in [0.29, 0.717) is 5.92 Å². The molecule has 0 radical (unpaired) electrons. The molecule has 2 atom stereocenters. The lowest BCUT2D eigenvalue weighted by Crippen LogP contribution is -2.32. The zero-order chi connectivity index (χ0) is 9.56. The van der Waals surface area contributed by atoms with Gasteiger partial charge < -0.3 is 10.1 Å². The van der Waals surface area contributed by atoms with E-state index in [-0.39, 0.29) is 11.5 Å². The van der Waals surface area contributed by atoms with Gasteiger partial charge in [0.2, 0.25) is 0 Å². The maximum atomic E-state index is 6.04. The molecule has 0 saturated carbocycles. The van der Waals surface area contributed by atoms with Crippen LogP contribution in [0.3, 0.4) is 0 Å². The van der Waals surface area contributed by atoms with E-state index in [1.165, 1.54) is 0 Å². The average molecular weight is 194 g/mol. The van der Waals surface area contributed by atoms with E-state index in [1.54, 1.807) is 7.11 Å². The van der Waals surface area contributed by atoms with Gasteiger partial charge in [0.05, 0.1) is 6.10 Å². The van der Waals surface area contributed by atoms with Crippen molar-refractivity contribution in [2.45, 2.75) is 32.3 Å².